The van der Waals surface area contributed by atoms with E-state index in [1.807, 2.05) is 49.4 Å². The predicted molar refractivity (Wildman–Crippen MR) is 163 cm³/mol. The maximum atomic E-state index is 12.0. The minimum Gasteiger partial charge on any atom is -0.465 e. The molecule has 0 spiro atoms. The molecule has 2 heterocycles. The van der Waals surface area contributed by atoms with Gasteiger partial charge in [-0.3, -0.25) is 4.90 Å². The van der Waals surface area contributed by atoms with Gasteiger partial charge in [-0.15, -0.1) is 11.3 Å². The van der Waals surface area contributed by atoms with E-state index in [1.54, 1.807) is 11.3 Å². The lowest BCUT2D eigenvalue weighted by atomic mass is 10.1. The first-order chi connectivity index (χ1) is 19.4. The Hall–Kier alpha value is -3.52. The lowest BCUT2D eigenvalue weighted by Crippen LogP contribution is -2.24. The van der Waals surface area contributed by atoms with Crippen molar-refractivity contribution in [3.8, 4) is 11.4 Å². The number of ether oxygens (including phenoxy) is 1. The molecule has 0 amide bonds. The van der Waals surface area contributed by atoms with Crippen LogP contribution in [0.15, 0.2) is 72.8 Å². The molecule has 6 nitrogen and oxygen atoms in total. The highest BCUT2D eigenvalue weighted by Gasteiger charge is 2.20. The molecule has 40 heavy (non-hydrogen) atoms. The Kier molecular flexibility index (Phi) is 8.94. The summed E-state index contributed by atoms with van der Waals surface area (Å²) in [7, 11) is 1.40. The number of benzene rings is 3. The van der Waals surface area contributed by atoms with E-state index in [0.717, 1.165) is 52.6 Å². The molecule has 0 saturated carbocycles. The second-order valence-corrected chi connectivity index (χ2v) is 11.5. The molecule has 5 rings (SSSR count). The minimum absolute atomic E-state index is 0.338. The van der Waals surface area contributed by atoms with Gasteiger partial charge in [0.05, 0.1) is 33.6 Å². The molecule has 0 atom stereocenters. The molecule has 0 saturated heterocycles. The summed E-state index contributed by atoms with van der Waals surface area (Å²) in [5.41, 5.74) is 5.90. The van der Waals surface area contributed by atoms with Gasteiger partial charge < -0.3 is 9.30 Å². The number of rotatable bonds is 11. The molecule has 8 heteroatoms. The van der Waals surface area contributed by atoms with Crippen LogP contribution in [0.2, 0.25) is 5.15 Å². The van der Waals surface area contributed by atoms with Crippen LogP contribution in [0.5, 0.6) is 0 Å². The number of thiazole rings is 1. The van der Waals surface area contributed by atoms with Crippen molar-refractivity contribution in [2.24, 2.45) is 0 Å². The van der Waals surface area contributed by atoms with E-state index in [-0.39, 0.29) is 5.97 Å². The van der Waals surface area contributed by atoms with Crippen LogP contribution in [-0.4, -0.2) is 32.5 Å². The molecule has 206 valence electrons. The fourth-order valence-corrected chi connectivity index (χ4v) is 5.97. The minimum atomic E-state index is -0.338. The topological polar surface area (TPSA) is 60.2 Å². The molecule has 2 aromatic heterocycles. The number of fused-ring (bicyclic) bond motifs is 1. The fourth-order valence-electron chi connectivity index (χ4n) is 4.92. The Morgan fingerprint density at radius 1 is 0.975 bits per heavy atom. The number of imidazole rings is 1. The van der Waals surface area contributed by atoms with E-state index in [4.69, 9.17) is 26.3 Å². The predicted octanol–water partition coefficient (Wildman–Crippen LogP) is 7.91. The number of nitrogens with zero attached hydrogens (tertiary/aromatic N) is 4. The number of aromatic nitrogens is 3. The number of carbonyl (C=O) groups excluding carboxylic acids is 1. The molecule has 3 aromatic carbocycles. The Morgan fingerprint density at radius 3 is 2.42 bits per heavy atom. The summed E-state index contributed by atoms with van der Waals surface area (Å²) < 4.78 is 8.34. The van der Waals surface area contributed by atoms with Gasteiger partial charge in [0.15, 0.2) is 5.15 Å². The number of carbonyl (C=O) groups is 1. The SMILES string of the molecule is CCCCn1c(-c2ccccc2)nc(Cl)c1CN(Cc1ccc(C(=O)OC)cc1)Cc1ccc2sc(C)nc2c1. The molecule has 0 aliphatic carbocycles. The van der Waals surface area contributed by atoms with E-state index in [1.165, 1.54) is 17.4 Å². The molecule has 0 bridgehead atoms. The highest BCUT2D eigenvalue weighted by atomic mass is 35.5. The maximum absolute atomic E-state index is 12.0. The largest absolute Gasteiger partial charge is 0.465 e. The lowest BCUT2D eigenvalue weighted by molar-refractivity contribution is 0.0600. The zero-order chi connectivity index (χ0) is 28.1. The molecular formula is C32H33ClN4O2S. The van der Waals surface area contributed by atoms with Gasteiger partial charge in [-0.25, -0.2) is 14.8 Å². The van der Waals surface area contributed by atoms with Crippen molar-refractivity contribution in [3.63, 3.8) is 0 Å². The summed E-state index contributed by atoms with van der Waals surface area (Å²) in [6.45, 7) is 7.09. The van der Waals surface area contributed by atoms with Gasteiger partial charge in [-0.2, -0.15) is 0 Å². The summed E-state index contributed by atoms with van der Waals surface area (Å²) in [6, 6.07) is 24.3. The number of hydrogen-bond acceptors (Lipinski definition) is 6. The molecular weight excluding hydrogens is 540 g/mol. The molecule has 0 aliphatic rings. The Morgan fingerprint density at radius 2 is 1.70 bits per heavy atom. The summed E-state index contributed by atoms with van der Waals surface area (Å²) >= 11 is 8.57. The van der Waals surface area contributed by atoms with Crippen LogP contribution in [0.1, 0.15) is 52.0 Å². The van der Waals surface area contributed by atoms with E-state index in [0.29, 0.717) is 30.4 Å². The van der Waals surface area contributed by atoms with Crippen LogP contribution < -0.4 is 0 Å². The Balaban J connectivity index is 1.49. The first kappa shape index (κ1) is 28.0. The standard InChI is InChI=1S/C32H33ClN4O2S/c1-4-5-17-37-28(30(33)35-31(37)25-9-7-6-8-10-25)21-36(19-23-11-14-26(15-12-23)32(38)39-3)20-24-13-16-29-27(18-24)34-22(2)40-29/h6-16,18H,4-5,17,19-21H2,1-3H3. The zero-order valence-corrected chi connectivity index (χ0v) is 24.6. The molecule has 5 aromatic rings. The zero-order valence-electron chi connectivity index (χ0n) is 23.1. The molecule has 0 unspecified atom stereocenters. The van der Waals surface area contributed by atoms with Crippen molar-refractivity contribution >= 4 is 39.1 Å². The van der Waals surface area contributed by atoms with Gasteiger partial charge in [-0.1, -0.05) is 73.5 Å². The van der Waals surface area contributed by atoms with Crippen LogP contribution in [0.25, 0.3) is 21.6 Å². The van der Waals surface area contributed by atoms with E-state index in [2.05, 4.69) is 46.7 Å². The van der Waals surface area contributed by atoms with Gasteiger partial charge in [0, 0.05) is 31.7 Å². The van der Waals surface area contributed by atoms with E-state index in [9.17, 15) is 4.79 Å². The van der Waals surface area contributed by atoms with Crippen LogP contribution in [-0.2, 0) is 30.9 Å². The highest BCUT2D eigenvalue weighted by molar-refractivity contribution is 7.18. The third-order valence-electron chi connectivity index (χ3n) is 6.91. The third-order valence-corrected chi connectivity index (χ3v) is 8.17. The molecule has 0 radical (unpaired) electrons. The molecule has 0 aliphatic heterocycles. The monoisotopic (exact) mass is 572 g/mol. The Labute approximate surface area is 244 Å². The molecule has 0 fully saturated rings. The maximum Gasteiger partial charge on any atom is 0.337 e. The van der Waals surface area contributed by atoms with Crippen molar-refractivity contribution in [2.45, 2.75) is 52.9 Å². The van der Waals surface area contributed by atoms with Gasteiger partial charge in [0.2, 0.25) is 0 Å². The van der Waals surface area contributed by atoms with Gasteiger partial charge in [0.25, 0.3) is 0 Å². The first-order valence-electron chi connectivity index (χ1n) is 13.5. The lowest BCUT2D eigenvalue weighted by Gasteiger charge is -2.24. The second-order valence-electron chi connectivity index (χ2n) is 9.91. The number of methoxy groups -OCH3 is 1. The van der Waals surface area contributed by atoms with Crippen molar-refractivity contribution < 1.29 is 9.53 Å². The van der Waals surface area contributed by atoms with Gasteiger partial charge in [-0.05, 0) is 48.7 Å². The number of unbranched alkanes of at least 4 members (excludes halogenated alkanes) is 1. The summed E-state index contributed by atoms with van der Waals surface area (Å²) in [5.74, 6) is 0.561. The summed E-state index contributed by atoms with van der Waals surface area (Å²) in [4.78, 5) is 23.9. The summed E-state index contributed by atoms with van der Waals surface area (Å²) in [6.07, 6.45) is 2.11. The first-order valence-corrected chi connectivity index (χ1v) is 14.7. The smallest absolute Gasteiger partial charge is 0.337 e. The van der Waals surface area contributed by atoms with Crippen molar-refractivity contribution in [2.75, 3.05) is 7.11 Å². The van der Waals surface area contributed by atoms with Crippen LogP contribution in [0.3, 0.4) is 0 Å². The van der Waals surface area contributed by atoms with Crippen molar-refractivity contribution in [1.82, 2.24) is 19.4 Å². The van der Waals surface area contributed by atoms with E-state index >= 15 is 0 Å². The third kappa shape index (κ3) is 6.44. The number of hydrogen-bond donors (Lipinski definition) is 0. The van der Waals surface area contributed by atoms with Gasteiger partial charge in [0.1, 0.15) is 5.82 Å². The molecule has 0 N–H and O–H groups in total. The normalized spacial score (nSPS) is 11.4. The number of esters is 1. The quantitative estimate of drug-likeness (QED) is 0.150. The van der Waals surface area contributed by atoms with Crippen LogP contribution in [0.4, 0.5) is 0 Å². The fraction of sp³-hybridized carbons (Fsp3) is 0.281. The van der Waals surface area contributed by atoms with Gasteiger partial charge >= 0.3 is 5.97 Å². The van der Waals surface area contributed by atoms with Crippen molar-refractivity contribution in [3.05, 3.63) is 105 Å². The average Bonchev–Trinajstić information content (AvgIpc) is 3.50. The number of aryl methyl sites for hydroxylation is 1. The highest BCUT2D eigenvalue weighted by Crippen LogP contribution is 2.29. The second kappa shape index (κ2) is 12.8. The number of halogens is 1. The van der Waals surface area contributed by atoms with E-state index < -0.39 is 0 Å². The van der Waals surface area contributed by atoms with Crippen molar-refractivity contribution in [1.29, 1.82) is 0 Å². The average molecular weight is 573 g/mol. The summed E-state index contributed by atoms with van der Waals surface area (Å²) in [5, 5.41) is 1.60. The van der Waals surface area contributed by atoms with Crippen LogP contribution in [0, 0.1) is 6.92 Å². The van der Waals surface area contributed by atoms with Crippen LogP contribution >= 0.6 is 22.9 Å². The Bertz CT molecular complexity index is 1600.